The molecule has 36 heavy (non-hydrogen) atoms. The Kier molecular flexibility index (Phi) is 21.2. The van der Waals surface area contributed by atoms with Gasteiger partial charge in [0.25, 0.3) is 0 Å². The third-order valence-corrected chi connectivity index (χ3v) is 4.12. The molecule has 206 valence electrons. The first-order chi connectivity index (χ1) is 17.0. The summed E-state index contributed by atoms with van der Waals surface area (Å²) in [6, 6.07) is 5.65. The van der Waals surface area contributed by atoms with Gasteiger partial charge in [-0.05, 0) is 39.3 Å². The molecule has 0 spiro atoms. The molecule has 1 aromatic carbocycles. The smallest absolute Gasteiger partial charge is 0.333 e. The average molecular weight is 512 g/mol. The molecule has 2 unspecified atom stereocenters. The van der Waals surface area contributed by atoms with Gasteiger partial charge >= 0.3 is 11.9 Å². The van der Waals surface area contributed by atoms with E-state index in [0.717, 1.165) is 11.1 Å². The van der Waals surface area contributed by atoms with Gasteiger partial charge in [0.1, 0.15) is 12.7 Å². The number of nitrogen functional groups attached to an aromatic ring is 1. The minimum Gasteiger partial charge on any atom is -0.462 e. The van der Waals surface area contributed by atoms with Gasteiger partial charge in [-0.25, -0.2) is 9.59 Å². The second-order valence-electron chi connectivity index (χ2n) is 7.77. The molecule has 0 saturated carbocycles. The number of rotatable bonds is 14. The van der Waals surface area contributed by atoms with Gasteiger partial charge in [-0.2, -0.15) is 0 Å². The molecule has 1 aromatic rings. The van der Waals surface area contributed by atoms with Crippen LogP contribution in [0.25, 0.3) is 0 Å². The lowest BCUT2D eigenvalue weighted by molar-refractivity contribution is -0.143. The van der Waals surface area contributed by atoms with Crippen molar-refractivity contribution in [3.8, 4) is 0 Å². The van der Waals surface area contributed by atoms with Crippen molar-refractivity contribution in [2.75, 3.05) is 32.2 Å². The van der Waals surface area contributed by atoms with Crippen molar-refractivity contribution < 1.29 is 38.7 Å². The number of benzene rings is 1. The Balaban J connectivity index is 0. The maximum Gasteiger partial charge on any atom is 0.333 e. The summed E-state index contributed by atoms with van der Waals surface area (Å²) in [7, 11) is 0. The van der Waals surface area contributed by atoms with Crippen LogP contribution in [0.5, 0.6) is 0 Å². The quantitative estimate of drug-likeness (QED) is 0.194. The highest BCUT2D eigenvalue weighted by atomic mass is 16.5. The molecule has 0 fully saturated rings. The standard InChI is InChI=1S/C17H25NO5.C8H14O3.C2H6/c1-4-21-8-13-5-6-14(16(18)7-13)9-22-10-15(19)11-23-17(20)12(2)3;1-6(2)8(10)11-5-4-7(3)9;1-2/h5-7,15,19H,2,4,8-11,18H2,1,3H3;7,9H,1,4-5H2,2-3H3;1-2H3. The third-order valence-electron chi connectivity index (χ3n) is 4.12. The largest absolute Gasteiger partial charge is 0.462 e. The summed E-state index contributed by atoms with van der Waals surface area (Å²) in [5, 5.41) is 18.5. The number of carbonyl (C=O) groups is 2. The highest BCUT2D eigenvalue weighted by molar-refractivity contribution is 5.87. The zero-order valence-electron chi connectivity index (χ0n) is 22.7. The van der Waals surface area contributed by atoms with E-state index in [1.807, 2.05) is 39.0 Å². The molecule has 2 atom stereocenters. The number of carbonyl (C=O) groups excluding carboxylic acids is 2. The Morgan fingerprint density at radius 3 is 2.06 bits per heavy atom. The molecule has 0 bridgehead atoms. The Labute approximate surface area is 215 Å². The molecular weight excluding hydrogens is 466 g/mol. The summed E-state index contributed by atoms with van der Waals surface area (Å²) in [5.41, 5.74) is 9.09. The number of aliphatic hydroxyl groups is 2. The first-order valence-corrected chi connectivity index (χ1v) is 12.0. The lowest BCUT2D eigenvalue weighted by Crippen LogP contribution is -2.24. The van der Waals surface area contributed by atoms with Crippen LogP contribution >= 0.6 is 0 Å². The van der Waals surface area contributed by atoms with E-state index in [1.54, 1.807) is 20.8 Å². The van der Waals surface area contributed by atoms with Gasteiger partial charge in [-0.15, -0.1) is 0 Å². The van der Waals surface area contributed by atoms with E-state index in [2.05, 4.69) is 13.2 Å². The van der Waals surface area contributed by atoms with Crippen molar-refractivity contribution in [3.05, 3.63) is 53.6 Å². The van der Waals surface area contributed by atoms with Crippen LogP contribution in [0.2, 0.25) is 0 Å². The van der Waals surface area contributed by atoms with Crippen LogP contribution in [-0.2, 0) is 41.8 Å². The van der Waals surface area contributed by atoms with E-state index in [-0.39, 0.29) is 32.0 Å². The summed E-state index contributed by atoms with van der Waals surface area (Å²) in [6.45, 7) is 19.2. The maximum atomic E-state index is 11.2. The number of hydrogen-bond acceptors (Lipinski definition) is 9. The minimum absolute atomic E-state index is 0.0452. The molecular formula is C27H45NO8. The van der Waals surface area contributed by atoms with Gasteiger partial charge in [-0.3, -0.25) is 0 Å². The van der Waals surface area contributed by atoms with Crippen molar-refractivity contribution in [2.45, 2.75) is 73.4 Å². The number of aliphatic hydroxyl groups excluding tert-OH is 2. The van der Waals surface area contributed by atoms with E-state index in [9.17, 15) is 14.7 Å². The molecule has 9 nitrogen and oxygen atoms in total. The third kappa shape index (κ3) is 18.6. The van der Waals surface area contributed by atoms with Crippen LogP contribution in [0.3, 0.4) is 0 Å². The highest BCUT2D eigenvalue weighted by Crippen LogP contribution is 2.16. The summed E-state index contributed by atoms with van der Waals surface area (Å²) >= 11 is 0. The number of hydrogen-bond donors (Lipinski definition) is 3. The van der Waals surface area contributed by atoms with Gasteiger partial charge in [0.15, 0.2) is 0 Å². The van der Waals surface area contributed by atoms with E-state index in [4.69, 9.17) is 29.8 Å². The lowest BCUT2D eigenvalue weighted by Gasteiger charge is -2.13. The summed E-state index contributed by atoms with van der Waals surface area (Å²) < 4.78 is 20.3. The predicted molar refractivity (Wildman–Crippen MR) is 141 cm³/mol. The van der Waals surface area contributed by atoms with Crippen molar-refractivity contribution in [1.82, 2.24) is 0 Å². The average Bonchev–Trinajstić information content (AvgIpc) is 2.83. The Hall–Kier alpha value is -2.72. The fourth-order valence-electron chi connectivity index (χ4n) is 2.18. The Bertz CT molecular complexity index is 792. The second kappa shape index (κ2) is 21.6. The van der Waals surface area contributed by atoms with Gasteiger partial charge in [0.2, 0.25) is 0 Å². The lowest BCUT2D eigenvalue weighted by atomic mass is 10.1. The van der Waals surface area contributed by atoms with Crippen LogP contribution in [0.15, 0.2) is 42.5 Å². The summed E-state index contributed by atoms with van der Waals surface area (Å²) in [5.74, 6) is -0.927. The van der Waals surface area contributed by atoms with E-state index >= 15 is 0 Å². The predicted octanol–water partition coefficient (Wildman–Crippen LogP) is 3.70. The monoisotopic (exact) mass is 511 g/mol. The molecule has 9 heteroatoms. The first-order valence-electron chi connectivity index (χ1n) is 12.0. The zero-order chi connectivity index (χ0) is 28.1. The van der Waals surface area contributed by atoms with E-state index < -0.39 is 24.1 Å². The molecule has 0 aliphatic carbocycles. The molecule has 1 rings (SSSR count). The van der Waals surface area contributed by atoms with Crippen molar-refractivity contribution >= 4 is 17.6 Å². The number of ether oxygens (including phenoxy) is 4. The number of nitrogens with two attached hydrogens (primary N) is 1. The minimum atomic E-state index is -0.892. The zero-order valence-corrected chi connectivity index (χ0v) is 22.7. The molecule has 4 N–H and O–H groups in total. The Morgan fingerprint density at radius 2 is 1.56 bits per heavy atom. The van der Waals surface area contributed by atoms with E-state index in [1.165, 1.54) is 0 Å². The summed E-state index contributed by atoms with van der Waals surface area (Å²) in [6.07, 6.45) is -0.844. The number of anilines is 1. The van der Waals surface area contributed by atoms with Crippen molar-refractivity contribution in [2.24, 2.45) is 0 Å². The normalized spacial score (nSPS) is 11.6. The molecule has 0 aliphatic rings. The fraction of sp³-hybridized carbons (Fsp3) is 0.556. The molecule has 0 saturated heterocycles. The summed E-state index contributed by atoms with van der Waals surface area (Å²) in [4.78, 5) is 21.9. The van der Waals surface area contributed by atoms with E-state index in [0.29, 0.717) is 30.9 Å². The van der Waals surface area contributed by atoms with Gasteiger partial charge in [0.05, 0.1) is 32.5 Å². The topological polar surface area (TPSA) is 138 Å². The van der Waals surface area contributed by atoms with Crippen molar-refractivity contribution in [3.63, 3.8) is 0 Å². The van der Waals surface area contributed by atoms with Gasteiger partial charge < -0.3 is 34.9 Å². The van der Waals surface area contributed by atoms with Crippen LogP contribution in [0.4, 0.5) is 5.69 Å². The first kappa shape index (κ1) is 35.4. The highest BCUT2D eigenvalue weighted by Gasteiger charge is 2.10. The molecule has 0 radical (unpaired) electrons. The van der Waals surface area contributed by atoms with Gasteiger partial charge in [0, 0.05) is 35.4 Å². The van der Waals surface area contributed by atoms with Crippen LogP contribution in [0, 0.1) is 0 Å². The van der Waals surface area contributed by atoms with Crippen LogP contribution < -0.4 is 5.73 Å². The van der Waals surface area contributed by atoms with Crippen molar-refractivity contribution in [1.29, 1.82) is 0 Å². The van der Waals surface area contributed by atoms with Crippen LogP contribution in [0.1, 0.15) is 59.1 Å². The molecule has 0 aromatic heterocycles. The maximum absolute atomic E-state index is 11.2. The molecule has 0 amide bonds. The Morgan fingerprint density at radius 1 is 0.972 bits per heavy atom. The fourth-order valence-corrected chi connectivity index (χ4v) is 2.18. The molecule has 0 heterocycles. The molecule has 0 aliphatic heterocycles. The number of esters is 2. The van der Waals surface area contributed by atoms with Gasteiger partial charge in [-0.1, -0.05) is 39.1 Å². The SMILES string of the molecule is C=C(C)C(=O)OCC(O)COCc1ccc(COCC)cc1N.C=C(C)C(=O)OCCC(C)O.CC. The van der Waals surface area contributed by atoms with Crippen LogP contribution in [-0.4, -0.2) is 60.8 Å². The second-order valence-corrected chi connectivity index (χ2v) is 7.77.